The molecule has 1 aliphatic rings. The van der Waals surface area contributed by atoms with Gasteiger partial charge in [0.25, 0.3) is 0 Å². The van der Waals surface area contributed by atoms with Crippen LogP contribution in [0.25, 0.3) is 11.3 Å². The Morgan fingerprint density at radius 1 is 1.29 bits per heavy atom. The zero-order chi connectivity index (χ0) is 20.1. The van der Waals surface area contributed by atoms with E-state index in [4.69, 9.17) is 9.47 Å². The molecule has 0 bridgehead atoms. The second kappa shape index (κ2) is 8.93. The van der Waals surface area contributed by atoms with Gasteiger partial charge in [0.1, 0.15) is 5.82 Å². The van der Waals surface area contributed by atoms with Gasteiger partial charge in [-0.1, -0.05) is 0 Å². The third kappa shape index (κ3) is 5.24. The Balaban J connectivity index is 1.67. The van der Waals surface area contributed by atoms with E-state index in [2.05, 4.69) is 9.71 Å². The van der Waals surface area contributed by atoms with Crippen LogP contribution in [0.1, 0.15) is 13.3 Å². The summed E-state index contributed by atoms with van der Waals surface area (Å²) in [4.78, 5) is 3.93. The molecular weight excluding hydrogens is 390 g/mol. The Bertz CT molecular complexity index is 907. The van der Waals surface area contributed by atoms with Crippen LogP contribution < -0.4 is 9.46 Å². The molecule has 1 saturated heterocycles. The van der Waals surface area contributed by atoms with Crippen molar-refractivity contribution in [1.82, 2.24) is 9.71 Å². The fraction of sp³-hybridized carbons (Fsp3) is 0.421. The molecule has 1 aromatic heterocycles. The maximum absolute atomic E-state index is 14.4. The molecule has 3 rings (SSSR count). The molecule has 1 aliphatic heterocycles. The molecule has 0 aliphatic carbocycles. The largest absolute Gasteiger partial charge is 0.490 e. The Morgan fingerprint density at radius 3 is 2.79 bits per heavy atom. The quantitative estimate of drug-likeness (QED) is 0.757. The Kier molecular flexibility index (Phi) is 6.58. The molecule has 28 heavy (non-hydrogen) atoms. The number of hydrogen-bond donors (Lipinski definition) is 1. The van der Waals surface area contributed by atoms with Gasteiger partial charge in [-0.15, -0.1) is 0 Å². The molecule has 1 aromatic carbocycles. The van der Waals surface area contributed by atoms with E-state index in [9.17, 15) is 17.2 Å². The van der Waals surface area contributed by atoms with E-state index in [0.717, 1.165) is 6.20 Å². The normalized spacial score (nSPS) is 20.1. The van der Waals surface area contributed by atoms with Gasteiger partial charge in [0, 0.05) is 24.1 Å². The van der Waals surface area contributed by atoms with E-state index in [0.29, 0.717) is 30.9 Å². The third-order valence-corrected chi connectivity index (χ3v) is 6.02. The van der Waals surface area contributed by atoms with Gasteiger partial charge in [-0.05, 0) is 43.7 Å². The highest BCUT2D eigenvalue weighted by atomic mass is 32.2. The summed E-state index contributed by atoms with van der Waals surface area (Å²) in [7, 11) is -3.35. The number of aromatic nitrogens is 1. The zero-order valence-electron chi connectivity index (χ0n) is 15.4. The van der Waals surface area contributed by atoms with Crippen molar-refractivity contribution >= 4 is 10.0 Å². The number of hydrogen-bond acceptors (Lipinski definition) is 5. The molecule has 0 saturated carbocycles. The minimum Gasteiger partial charge on any atom is -0.490 e. The average molecular weight is 412 g/mol. The van der Waals surface area contributed by atoms with Crippen LogP contribution in [0.2, 0.25) is 0 Å². The highest BCUT2D eigenvalue weighted by Gasteiger charge is 2.29. The summed E-state index contributed by atoms with van der Waals surface area (Å²) >= 11 is 0. The Labute approximate surface area is 162 Å². The fourth-order valence-electron chi connectivity index (χ4n) is 2.95. The first-order chi connectivity index (χ1) is 13.4. The van der Waals surface area contributed by atoms with E-state index in [-0.39, 0.29) is 30.1 Å². The fourth-order valence-corrected chi connectivity index (χ4v) is 3.89. The highest BCUT2D eigenvalue weighted by molar-refractivity contribution is 7.89. The zero-order valence-corrected chi connectivity index (χ0v) is 16.2. The summed E-state index contributed by atoms with van der Waals surface area (Å²) in [6.07, 6.45) is 1.60. The van der Waals surface area contributed by atoms with Gasteiger partial charge >= 0.3 is 0 Å². The van der Waals surface area contributed by atoms with E-state index in [1.54, 1.807) is 13.0 Å². The van der Waals surface area contributed by atoms with Crippen LogP contribution in [0, 0.1) is 17.6 Å². The lowest BCUT2D eigenvalue weighted by Gasteiger charge is -2.31. The molecule has 0 spiro atoms. The van der Waals surface area contributed by atoms with Gasteiger partial charge < -0.3 is 9.47 Å². The molecule has 2 aromatic rings. The minimum atomic E-state index is -3.35. The van der Waals surface area contributed by atoms with Crippen LogP contribution in [-0.2, 0) is 14.8 Å². The number of pyridine rings is 1. The molecule has 152 valence electrons. The number of rotatable bonds is 7. The predicted molar refractivity (Wildman–Crippen MR) is 100 cm³/mol. The highest BCUT2D eigenvalue weighted by Crippen LogP contribution is 2.26. The molecule has 1 N–H and O–H groups in total. The van der Waals surface area contributed by atoms with Crippen molar-refractivity contribution in [2.24, 2.45) is 5.92 Å². The first-order valence-corrected chi connectivity index (χ1v) is 10.6. The topological polar surface area (TPSA) is 77.5 Å². The third-order valence-electron chi connectivity index (χ3n) is 4.59. The van der Waals surface area contributed by atoms with Gasteiger partial charge in [-0.3, -0.25) is 4.98 Å². The van der Waals surface area contributed by atoms with Crippen LogP contribution in [0.5, 0.6) is 5.75 Å². The van der Waals surface area contributed by atoms with Crippen LogP contribution in [0.15, 0.2) is 36.5 Å². The first-order valence-electron chi connectivity index (χ1n) is 9.00. The number of halogens is 2. The maximum Gasteiger partial charge on any atom is 0.211 e. The predicted octanol–water partition coefficient (Wildman–Crippen LogP) is 2.75. The second-order valence-electron chi connectivity index (χ2n) is 6.57. The lowest BCUT2D eigenvalue weighted by Crippen LogP contribution is -2.48. The first kappa shape index (κ1) is 20.6. The molecule has 6 nitrogen and oxygen atoms in total. The Morgan fingerprint density at radius 2 is 2.11 bits per heavy atom. The maximum atomic E-state index is 14.4. The van der Waals surface area contributed by atoms with E-state index >= 15 is 0 Å². The van der Waals surface area contributed by atoms with Crippen molar-refractivity contribution in [3.63, 3.8) is 0 Å². The molecule has 2 heterocycles. The van der Waals surface area contributed by atoms with Gasteiger partial charge in [-0.2, -0.15) is 0 Å². The summed E-state index contributed by atoms with van der Waals surface area (Å²) in [5.74, 6) is -1.23. The van der Waals surface area contributed by atoms with Crippen molar-refractivity contribution in [3.05, 3.63) is 48.2 Å². The smallest absolute Gasteiger partial charge is 0.211 e. The van der Waals surface area contributed by atoms with Crippen LogP contribution in [0.3, 0.4) is 0 Å². The SMILES string of the molecule is CCS(=O)(=O)NC1CCOCC1COc1ccc(-c2ccc(F)cn2)cc1F. The van der Waals surface area contributed by atoms with Crippen molar-refractivity contribution in [1.29, 1.82) is 0 Å². The lowest BCUT2D eigenvalue weighted by molar-refractivity contribution is 0.0180. The van der Waals surface area contributed by atoms with E-state index in [1.807, 2.05) is 0 Å². The van der Waals surface area contributed by atoms with Crippen molar-refractivity contribution in [2.75, 3.05) is 25.6 Å². The summed E-state index contributed by atoms with van der Waals surface area (Å²) in [6, 6.07) is 6.78. The van der Waals surface area contributed by atoms with Gasteiger partial charge in [0.05, 0.1) is 30.9 Å². The summed E-state index contributed by atoms with van der Waals surface area (Å²) in [5, 5.41) is 0. The summed E-state index contributed by atoms with van der Waals surface area (Å²) < 4.78 is 64.8. The Hall–Kier alpha value is -2.10. The van der Waals surface area contributed by atoms with Gasteiger partial charge in [-0.25, -0.2) is 21.9 Å². The minimum absolute atomic E-state index is 0.00849. The number of nitrogens with one attached hydrogen (secondary N) is 1. The van der Waals surface area contributed by atoms with Crippen molar-refractivity contribution in [2.45, 2.75) is 19.4 Å². The molecule has 1 fully saturated rings. The number of nitrogens with zero attached hydrogens (tertiary/aromatic N) is 1. The molecule has 0 radical (unpaired) electrons. The lowest BCUT2D eigenvalue weighted by atomic mass is 9.98. The van der Waals surface area contributed by atoms with E-state index < -0.39 is 21.7 Å². The molecule has 9 heteroatoms. The molecule has 2 atom stereocenters. The van der Waals surface area contributed by atoms with E-state index in [1.165, 1.54) is 24.3 Å². The van der Waals surface area contributed by atoms with Crippen LogP contribution in [-0.4, -0.2) is 45.0 Å². The number of sulfonamides is 1. The number of benzene rings is 1. The summed E-state index contributed by atoms with van der Waals surface area (Å²) in [6.45, 7) is 2.47. The molecule has 2 unspecified atom stereocenters. The molecular formula is C19H22F2N2O4S. The van der Waals surface area contributed by atoms with Crippen LogP contribution in [0.4, 0.5) is 8.78 Å². The van der Waals surface area contributed by atoms with Crippen molar-refractivity contribution < 1.29 is 26.7 Å². The standard InChI is InChI=1S/C19H22F2N2O4S/c1-2-28(24,25)23-18-7-8-26-11-14(18)12-27-19-6-3-13(9-16(19)21)17-5-4-15(20)10-22-17/h3-6,9-10,14,18,23H,2,7-8,11-12H2,1H3. The van der Waals surface area contributed by atoms with Crippen molar-refractivity contribution in [3.8, 4) is 17.0 Å². The monoisotopic (exact) mass is 412 g/mol. The number of ether oxygens (including phenoxy) is 2. The second-order valence-corrected chi connectivity index (χ2v) is 8.61. The van der Waals surface area contributed by atoms with Gasteiger partial charge in [0.15, 0.2) is 11.6 Å². The summed E-state index contributed by atoms with van der Waals surface area (Å²) in [5.41, 5.74) is 0.945. The van der Waals surface area contributed by atoms with Crippen LogP contribution >= 0.6 is 0 Å². The molecule has 0 amide bonds. The van der Waals surface area contributed by atoms with Gasteiger partial charge in [0.2, 0.25) is 10.0 Å². The average Bonchev–Trinajstić information content (AvgIpc) is 2.68.